The first kappa shape index (κ1) is 13.4. The van der Waals surface area contributed by atoms with Crippen molar-refractivity contribution in [3.05, 3.63) is 34.9 Å². The second kappa shape index (κ2) is 5.29. The lowest BCUT2D eigenvalue weighted by Gasteiger charge is -2.20. The Morgan fingerprint density at radius 2 is 2.00 bits per heavy atom. The summed E-state index contributed by atoms with van der Waals surface area (Å²) < 4.78 is 0. The molecular weight excluding hydrogens is 250 g/mol. The Hall–Kier alpha value is -1.06. The van der Waals surface area contributed by atoms with E-state index in [-0.39, 0.29) is 0 Å². The lowest BCUT2D eigenvalue weighted by Crippen LogP contribution is -2.33. The third-order valence-electron chi connectivity index (χ3n) is 3.58. The van der Waals surface area contributed by atoms with Gasteiger partial charge in [-0.1, -0.05) is 23.7 Å². The molecule has 18 heavy (non-hydrogen) atoms. The van der Waals surface area contributed by atoms with E-state index in [0.717, 1.165) is 30.8 Å². The van der Waals surface area contributed by atoms with Gasteiger partial charge in [-0.2, -0.15) is 0 Å². The maximum atomic E-state index is 11.1. The first-order valence-corrected chi connectivity index (χ1v) is 6.56. The highest BCUT2D eigenvalue weighted by molar-refractivity contribution is 6.30. The summed E-state index contributed by atoms with van der Waals surface area (Å²) in [5.41, 5.74) is 0.765. The summed E-state index contributed by atoms with van der Waals surface area (Å²) in [6.45, 7) is 1.52. The summed E-state index contributed by atoms with van der Waals surface area (Å²) in [4.78, 5) is 13.2. The molecule has 1 N–H and O–H groups in total. The number of carbonyl (C=O) groups is 1. The zero-order valence-electron chi connectivity index (χ0n) is 10.5. The minimum absolute atomic E-state index is 0.464. The predicted molar refractivity (Wildman–Crippen MR) is 72.0 cm³/mol. The molecule has 0 heterocycles. The monoisotopic (exact) mass is 267 g/mol. The smallest absolute Gasteiger partial charge is 0.310 e. The van der Waals surface area contributed by atoms with Crippen molar-refractivity contribution in [1.29, 1.82) is 0 Å². The number of nitrogens with zero attached hydrogens (tertiary/aromatic N) is 1. The third-order valence-corrected chi connectivity index (χ3v) is 3.83. The van der Waals surface area contributed by atoms with Crippen molar-refractivity contribution < 1.29 is 9.90 Å². The Morgan fingerprint density at radius 1 is 1.39 bits per heavy atom. The van der Waals surface area contributed by atoms with E-state index in [1.54, 1.807) is 0 Å². The van der Waals surface area contributed by atoms with Gasteiger partial charge in [0.15, 0.2) is 0 Å². The molecule has 1 aliphatic carbocycles. The number of rotatable bonds is 6. The fourth-order valence-electron chi connectivity index (χ4n) is 2.16. The van der Waals surface area contributed by atoms with Crippen molar-refractivity contribution in [3.8, 4) is 0 Å². The Kier molecular flexibility index (Phi) is 3.93. The molecule has 1 aliphatic rings. The highest BCUT2D eigenvalue weighted by atomic mass is 35.5. The van der Waals surface area contributed by atoms with Crippen LogP contribution in [0, 0.1) is 5.41 Å². The van der Waals surface area contributed by atoms with Crippen LogP contribution in [0.15, 0.2) is 24.3 Å². The number of halogens is 1. The van der Waals surface area contributed by atoms with Crippen molar-refractivity contribution in [2.24, 2.45) is 5.41 Å². The minimum Gasteiger partial charge on any atom is -0.481 e. The number of hydrogen-bond donors (Lipinski definition) is 1. The van der Waals surface area contributed by atoms with Crippen molar-refractivity contribution in [2.75, 3.05) is 20.1 Å². The van der Waals surface area contributed by atoms with Gasteiger partial charge in [-0.3, -0.25) is 4.79 Å². The normalized spacial score (nSPS) is 16.8. The van der Waals surface area contributed by atoms with Gasteiger partial charge in [0.25, 0.3) is 0 Å². The molecule has 0 saturated heterocycles. The molecule has 0 amide bonds. The van der Waals surface area contributed by atoms with Gasteiger partial charge in [0.05, 0.1) is 5.41 Å². The standard InChI is InChI=1S/C14H18ClNO2/c1-16(10-14(7-8-14)13(17)18)9-6-11-2-4-12(15)5-3-11/h2-5H,6-10H2,1H3,(H,17,18). The summed E-state index contributed by atoms with van der Waals surface area (Å²) >= 11 is 5.83. The molecule has 0 unspecified atom stereocenters. The summed E-state index contributed by atoms with van der Waals surface area (Å²) in [6, 6.07) is 7.80. The Bertz CT molecular complexity index is 426. The average Bonchev–Trinajstić information content (AvgIpc) is 3.09. The average molecular weight is 268 g/mol. The molecule has 2 rings (SSSR count). The summed E-state index contributed by atoms with van der Waals surface area (Å²) in [7, 11) is 1.99. The summed E-state index contributed by atoms with van der Waals surface area (Å²) in [5, 5.41) is 9.87. The minimum atomic E-state index is -0.652. The Balaban J connectivity index is 1.80. The summed E-state index contributed by atoms with van der Waals surface area (Å²) in [5.74, 6) is -0.652. The maximum absolute atomic E-state index is 11.1. The molecular formula is C14H18ClNO2. The number of carboxylic acid groups (broad SMARTS) is 1. The van der Waals surface area contributed by atoms with Crippen LogP contribution in [0.4, 0.5) is 0 Å². The van der Waals surface area contributed by atoms with E-state index in [1.165, 1.54) is 5.56 Å². The van der Waals surface area contributed by atoms with E-state index < -0.39 is 11.4 Å². The van der Waals surface area contributed by atoms with Crippen LogP contribution in [0.25, 0.3) is 0 Å². The quantitative estimate of drug-likeness (QED) is 0.862. The van der Waals surface area contributed by atoms with Gasteiger partial charge >= 0.3 is 5.97 Å². The molecule has 0 atom stereocenters. The van der Waals surface area contributed by atoms with Crippen molar-refractivity contribution >= 4 is 17.6 Å². The molecule has 4 heteroatoms. The first-order valence-electron chi connectivity index (χ1n) is 6.18. The Labute approximate surface area is 112 Å². The van der Waals surface area contributed by atoms with Gasteiger partial charge in [-0.05, 0) is 44.0 Å². The van der Waals surface area contributed by atoms with E-state index in [4.69, 9.17) is 16.7 Å². The number of hydrogen-bond acceptors (Lipinski definition) is 2. The van der Waals surface area contributed by atoms with Gasteiger partial charge in [0.1, 0.15) is 0 Å². The van der Waals surface area contributed by atoms with Crippen LogP contribution in [0.3, 0.4) is 0 Å². The second-order valence-corrected chi connectivity index (χ2v) is 5.64. The molecule has 98 valence electrons. The first-order chi connectivity index (χ1) is 8.52. The van der Waals surface area contributed by atoms with Gasteiger partial charge in [0, 0.05) is 18.1 Å². The van der Waals surface area contributed by atoms with Gasteiger partial charge in [0.2, 0.25) is 0 Å². The van der Waals surface area contributed by atoms with E-state index in [0.29, 0.717) is 6.54 Å². The van der Waals surface area contributed by atoms with Crippen LogP contribution in [-0.4, -0.2) is 36.1 Å². The van der Waals surface area contributed by atoms with Crippen molar-refractivity contribution in [2.45, 2.75) is 19.3 Å². The van der Waals surface area contributed by atoms with Crippen LogP contribution >= 0.6 is 11.6 Å². The molecule has 3 nitrogen and oxygen atoms in total. The summed E-state index contributed by atoms with van der Waals surface area (Å²) in [6.07, 6.45) is 2.55. The van der Waals surface area contributed by atoms with Crippen LogP contribution < -0.4 is 0 Å². The van der Waals surface area contributed by atoms with Crippen LogP contribution in [-0.2, 0) is 11.2 Å². The SMILES string of the molecule is CN(CCc1ccc(Cl)cc1)CC1(C(=O)O)CC1. The lowest BCUT2D eigenvalue weighted by atomic mass is 10.1. The fourth-order valence-corrected chi connectivity index (χ4v) is 2.28. The largest absolute Gasteiger partial charge is 0.481 e. The molecule has 1 aromatic rings. The molecule has 0 spiro atoms. The zero-order valence-corrected chi connectivity index (χ0v) is 11.3. The van der Waals surface area contributed by atoms with Crippen LogP contribution in [0.5, 0.6) is 0 Å². The molecule has 1 fully saturated rings. The third kappa shape index (κ3) is 3.24. The van der Waals surface area contributed by atoms with E-state index in [2.05, 4.69) is 4.90 Å². The lowest BCUT2D eigenvalue weighted by molar-refractivity contribution is -0.144. The fraction of sp³-hybridized carbons (Fsp3) is 0.500. The second-order valence-electron chi connectivity index (χ2n) is 5.20. The van der Waals surface area contributed by atoms with Gasteiger partial charge in [-0.25, -0.2) is 0 Å². The molecule has 0 radical (unpaired) electrons. The topological polar surface area (TPSA) is 40.5 Å². The molecule has 1 aromatic carbocycles. The predicted octanol–water partition coefficient (Wildman–Crippen LogP) is 2.68. The van der Waals surface area contributed by atoms with Gasteiger partial charge < -0.3 is 10.0 Å². The number of aliphatic carboxylic acids is 1. The van der Waals surface area contributed by atoms with E-state index >= 15 is 0 Å². The molecule has 0 bridgehead atoms. The highest BCUT2D eigenvalue weighted by Crippen LogP contribution is 2.46. The number of carboxylic acids is 1. The Morgan fingerprint density at radius 3 is 2.50 bits per heavy atom. The zero-order chi connectivity index (χ0) is 13.2. The maximum Gasteiger partial charge on any atom is 0.310 e. The molecule has 1 saturated carbocycles. The van der Waals surface area contributed by atoms with Crippen LogP contribution in [0.1, 0.15) is 18.4 Å². The number of benzene rings is 1. The molecule has 0 aliphatic heterocycles. The number of likely N-dealkylation sites (N-methyl/N-ethyl adjacent to an activating group) is 1. The van der Waals surface area contributed by atoms with Crippen molar-refractivity contribution in [3.63, 3.8) is 0 Å². The van der Waals surface area contributed by atoms with E-state index in [1.807, 2.05) is 31.3 Å². The van der Waals surface area contributed by atoms with Crippen molar-refractivity contribution in [1.82, 2.24) is 4.90 Å². The highest BCUT2D eigenvalue weighted by Gasteiger charge is 2.50. The van der Waals surface area contributed by atoms with Crippen LogP contribution in [0.2, 0.25) is 5.02 Å². The van der Waals surface area contributed by atoms with E-state index in [9.17, 15) is 4.79 Å². The van der Waals surface area contributed by atoms with Gasteiger partial charge in [-0.15, -0.1) is 0 Å². The molecule has 0 aromatic heterocycles.